The molecule has 2 N–H and O–H groups in total. The van der Waals surface area contributed by atoms with E-state index in [1.54, 1.807) is 23.7 Å². The number of carboxylic acids is 1. The molecule has 0 bridgehead atoms. The van der Waals surface area contributed by atoms with Gasteiger partial charge in [-0.3, -0.25) is 4.79 Å². The van der Waals surface area contributed by atoms with E-state index in [-0.39, 0.29) is 11.8 Å². The molecule has 1 atom stereocenters. The first-order chi connectivity index (χ1) is 13.3. The van der Waals surface area contributed by atoms with E-state index in [1.807, 2.05) is 23.6 Å². The van der Waals surface area contributed by atoms with E-state index in [1.165, 1.54) is 0 Å². The quantitative estimate of drug-likeness (QED) is 0.796. The number of nitrogens with zero attached hydrogens (tertiary/aromatic N) is 3. The monoisotopic (exact) mass is 416 g/mol. The highest BCUT2D eigenvalue weighted by atomic mass is 32.1. The maximum Gasteiger partial charge on any atom is 0.490 e. The number of rotatable bonds is 4. The highest BCUT2D eigenvalue weighted by Gasteiger charge is 2.38. The largest absolute Gasteiger partial charge is 0.490 e. The van der Waals surface area contributed by atoms with E-state index in [0.717, 1.165) is 36.8 Å². The van der Waals surface area contributed by atoms with Crippen LogP contribution in [-0.2, 0) is 16.1 Å². The second kappa shape index (κ2) is 10.0. The molecule has 1 fully saturated rings. The number of nitrogens with one attached hydrogen (secondary N) is 1. The van der Waals surface area contributed by atoms with Crippen LogP contribution in [0.4, 0.5) is 19.0 Å². The van der Waals surface area contributed by atoms with Gasteiger partial charge in [0.2, 0.25) is 5.91 Å². The summed E-state index contributed by atoms with van der Waals surface area (Å²) in [5, 5.41) is 13.0. The van der Waals surface area contributed by atoms with Gasteiger partial charge in [-0.25, -0.2) is 14.8 Å². The van der Waals surface area contributed by atoms with Crippen LogP contribution >= 0.6 is 11.3 Å². The molecule has 2 aromatic heterocycles. The lowest BCUT2D eigenvalue weighted by molar-refractivity contribution is -0.192. The second-order valence-corrected chi connectivity index (χ2v) is 6.90. The topological polar surface area (TPSA) is 95.4 Å². The number of aromatic nitrogens is 2. The van der Waals surface area contributed by atoms with Gasteiger partial charge in [0.1, 0.15) is 10.8 Å². The van der Waals surface area contributed by atoms with Gasteiger partial charge in [-0.1, -0.05) is 6.07 Å². The number of piperidine rings is 1. The molecule has 1 saturated heterocycles. The van der Waals surface area contributed by atoms with E-state index in [9.17, 15) is 18.0 Å². The Balaban J connectivity index is 0.000000345. The first kappa shape index (κ1) is 21.6. The molecule has 0 aromatic carbocycles. The molecule has 0 spiro atoms. The van der Waals surface area contributed by atoms with E-state index >= 15 is 0 Å². The molecule has 152 valence electrons. The van der Waals surface area contributed by atoms with Crippen molar-refractivity contribution in [2.45, 2.75) is 25.6 Å². The summed E-state index contributed by atoms with van der Waals surface area (Å²) in [5.74, 6) is -1.66. The molecule has 1 unspecified atom stereocenters. The van der Waals surface area contributed by atoms with Crippen molar-refractivity contribution in [2.24, 2.45) is 5.92 Å². The van der Waals surface area contributed by atoms with Crippen molar-refractivity contribution >= 4 is 29.0 Å². The van der Waals surface area contributed by atoms with Crippen molar-refractivity contribution in [2.75, 3.05) is 18.0 Å². The van der Waals surface area contributed by atoms with Crippen molar-refractivity contribution in [3.63, 3.8) is 0 Å². The Bertz CT molecular complexity index is 757. The minimum Gasteiger partial charge on any atom is -0.475 e. The zero-order chi connectivity index (χ0) is 20.6. The second-order valence-electron chi connectivity index (χ2n) is 5.92. The zero-order valence-electron chi connectivity index (χ0n) is 14.7. The van der Waals surface area contributed by atoms with Crippen LogP contribution in [0, 0.1) is 5.92 Å². The number of hydrogen-bond donors (Lipinski definition) is 2. The van der Waals surface area contributed by atoms with Gasteiger partial charge in [0.05, 0.1) is 12.5 Å². The molecule has 2 aromatic rings. The summed E-state index contributed by atoms with van der Waals surface area (Å²) >= 11 is 1.56. The van der Waals surface area contributed by atoms with Gasteiger partial charge in [0, 0.05) is 30.9 Å². The highest BCUT2D eigenvalue weighted by molar-refractivity contribution is 7.09. The van der Waals surface area contributed by atoms with Crippen LogP contribution in [0.1, 0.15) is 17.8 Å². The molecule has 0 saturated carbocycles. The summed E-state index contributed by atoms with van der Waals surface area (Å²) in [5.41, 5.74) is 0. The van der Waals surface area contributed by atoms with Crippen molar-refractivity contribution in [1.29, 1.82) is 0 Å². The van der Waals surface area contributed by atoms with Crippen LogP contribution in [0.3, 0.4) is 0 Å². The maximum absolute atomic E-state index is 12.3. The molecule has 3 heterocycles. The van der Waals surface area contributed by atoms with E-state index in [2.05, 4.69) is 20.2 Å². The summed E-state index contributed by atoms with van der Waals surface area (Å²) < 4.78 is 31.7. The fourth-order valence-corrected chi connectivity index (χ4v) is 3.14. The summed E-state index contributed by atoms with van der Waals surface area (Å²) in [7, 11) is 0. The normalized spacial score (nSPS) is 16.7. The summed E-state index contributed by atoms with van der Waals surface area (Å²) in [6.45, 7) is 2.23. The van der Waals surface area contributed by atoms with Crippen molar-refractivity contribution in [3.05, 3.63) is 41.0 Å². The third-order valence-electron chi connectivity index (χ3n) is 3.91. The Morgan fingerprint density at radius 3 is 2.61 bits per heavy atom. The lowest BCUT2D eigenvalue weighted by Crippen LogP contribution is -2.43. The number of pyridine rings is 1. The Kier molecular flexibility index (Phi) is 7.73. The Morgan fingerprint density at radius 1 is 1.29 bits per heavy atom. The summed E-state index contributed by atoms with van der Waals surface area (Å²) in [6, 6.07) is 5.88. The van der Waals surface area contributed by atoms with Crippen molar-refractivity contribution in [1.82, 2.24) is 15.3 Å². The highest BCUT2D eigenvalue weighted by Crippen LogP contribution is 2.21. The molecule has 0 aliphatic carbocycles. The average Bonchev–Trinajstić information content (AvgIpc) is 3.20. The van der Waals surface area contributed by atoms with Crippen molar-refractivity contribution < 1.29 is 27.9 Å². The van der Waals surface area contributed by atoms with E-state index in [0.29, 0.717) is 6.54 Å². The van der Waals surface area contributed by atoms with Gasteiger partial charge in [0.15, 0.2) is 0 Å². The fraction of sp³-hybridized carbons (Fsp3) is 0.412. The Morgan fingerprint density at radius 2 is 2.04 bits per heavy atom. The van der Waals surface area contributed by atoms with Crippen molar-refractivity contribution in [3.8, 4) is 0 Å². The molecule has 1 amide bonds. The standard InChI is InChI=1S/C15H18N4OS.C2HF3O2/c20-15(18-10-14-17-7-9-21-14)12-4-3-8-19(11-12)13-5-1-2-6-16-13;3-2(4,5)1(6)7/h1-2,5-7,9,12H,3-4,8,10-11H2,(H,18,20);(H,6,7). The third-order valence-corrected chi connectivity index (χ3v) is 4.68. The molecular weight excluding hydrogens is 397 g/mol. The van der Waals surface area contributed by atoms with Gasteiger partial charge in [0.25, 0.3) is 0 Å². The van der Waals surface area contributed by atoms with Crippen LogP contribution in [-0.4, -0.2) is 46.2 Å². The van der Waals surface area contributed by atoms with Crippen LogP contribution in [0.2, 0.25) is 0 Å². The van der Waals surface area contributed by atoms with Crippen LogP contribution < -0.4 is 10.2 Å². The minimum absolute atomic E-state index is 0.0284. The minimum atomic E-state index is -5.08. The predicted octanol–water partition coefficient (Wildman–Crippen LogP) is 2.70. The number of carbonyl (C=O) groups is 2. The fourth-order valence-electron chi connectivity index (χ4n) is 2.59. The van der Waals surface area contributed by atoms with Gasteiger partial charge >= 0.3 is 12.1 Å². The van der Waals surface area contributed by atoms with Gasteiger partial charge < -0.3 is 15.3 Å². The smallest absolute Gasteiger partial charge is 0.475 e. The number of halogens is 3. The number of amides is 1. The number of carboxylic acid groups (broad SMARTS) is 1. The molecule has 3 rings (SSSR count). The number of carbonyl (C=O) groups excluding carboxylic acids is 1. The van der Waals surface area contributed by atoms with Gasteiger partial charge in [-0.15, -0.1) is 11.3 Å². The van der Waals surface area contributed by atoms with Crippen LogP contribution in [0.15, 0.2) is 36.0 Å². The first-order valence-electron chi connectivity index (χ1n) is 8.39. The summed E-state index contributed by atoms with van der Waals surface area (Å²) in [6.07, 6.45) is 0.427. The van der Waals surface area contributed by atoms with Gasteiger partial charge in [-0.05, 0) is 25.0 Å². The Hall–Kier alpha value is -2.69. The summed E-state index contributed by atoms with van der Waals surface area (Å²) in [4.78, 5) is 31.9. The first-order valence-corrected chi connectivity index (χ1v) is 9.27. The average molecular weight is 416 g/mol. The molecule has 11 heteroatoms. The predicted molar refractivity (Wildman–Crippen MR) is 96.8 cm³/mol. The molecule has 1 aliphatic heterocycles. The molecule has 0 radical (unpaired) electrons. The molecular formula is C17H19F3N4O3S. The molecule has 28 heavy (non-hydrogen) atoms. The lowest BCUT2D eigenvalue weighted by Gasteiger charge is -2.32. The number of hydrogen-bond acceptors (Lipinski definition) is 6. The number of anilines is 1. The van der Waals surface area contributed by atoms with E-state index < -0.39 is 12.1 Å². The SMILES string of the molecule is O=C(NCc1nccs1)C1CCCN(c2ccccn2)C1.O=C(O)C(F)(F)F. The van der Waals surface area contributed by atoms with Crippen LogP contribution in [0.25, 0.3) is 0 Å². The lowest BCUT2D eigenvalue weighted by atomic mass is 9.97. The zero-order valence-corrected chi connectivity index (χ0v) is 15.5. The molecule has 7 nitrogen and oxygen atoms in total. The number of alkyl halides is 3. The van der Waals surface area contributed by atoms with E-state index in [4.69, 9.17) is 9.90 Å². The number of thiazole rings is 1. The Labute approximate surface area is 163 Å². The third kappa shape index (κ3) is 6.80. The molecule has 1 aliphatic rings. The van der Waals surface area contributed by atoms with Gasteiger partial charge in [-0.2, -0.15) is 13.2 Å². The van der Waals surface area contributed by atoms with Crippen LogP contribution in [0.5, 0.6) is 0 Å². The maximum atomic E-state index is 12.3. The number of aliphatic carboxylic acids is 1.